The first-order chi connectivity index (χ1) is 37.7. The molecule has 32 heteroatoms. The molecule has 418 valence electrons. The maximum Gasteiger partial charge on any atom is 1.00 e. The number of hydrogen-bond donors (Lipinski definition) is 6. The Hall–Kier alpha value is -4.48. The molecule has 0 fully saturated rings. The Labute approximate surface area is 569 Å². The summed E-state index contributed by atoms with van der Waals surface area (Å²) in [5, 5.41) is 54.1. The number of nitrogens with one attached hydrogen (secondary N) is 2. The van der Waals surface area contributed by atoms with E-state index < -0.39 is 106 Å². The topological polar surface area (TPSA) is 404 Å². The van der Waals surface area contributed by atoms with Crippen molar-refractivity contribution in [1.29, 1.82) is 0 Å². The van der Waals surface area contributed by atoms with Gasteiger partial charge < -0.3 is 49.3 Å². The van der Waals surface area contributed by atoms with Crippen molar-refractivity contribution in [1.82, 2.24) is 19.9 Å². The third-order valence-electron chi connectivity index (χ3n) is 12.3. The monoisotopic (exact) mass is 1260 g/mol. The Morgan fingerprint density at radius 1 is 0.369 bits per heavy atom. The van der Waals surface area contributed by atoms with Crippen molar-refractivity contribution in [3.8, 4) is 90.5 Å². The van der Waals surface area contributed by atoms with E-state index in [0.717, 1.165) is 24.3 Å². The predicted molar refractivity (Wildman–Crippen MR) is 282 cm³/mol. The van der Waals surface area contributed by atoms with E-state index in [4.69, 9.17) is 28.9 Å². The normalized spacial score (nSPS) is 12.1. The van der Waals surface area contributed by atoms with Crippen molar-refractivity contribution in [2.45, 2.75) is 47.3 Å². The summed E-state index contributed by atoms with van der Waals surface area (Å²) in [6, 6.07) is 14.0. The van der Waals surface area contributed by atoms with Crippen LogP contribution in [0.3, 0.4) is 0 Å². The number of fused-ring (bicyclic) bond motifs is 8. The Kier molecular flexibility index (Phi) is 22.8. The average Bonchev–Trinajstić information content (AvgIpc) is 4.41. The number of ether oxygens (including phenoxy) is 4. The van der Waals surface area contributed by atoms with Crippen LogP contribution in [0.4, 0.5) is 0 Å². The number of H-pyrrole nitrogens is 2. The van der Waals surface area contributed by atoms with Crippen LogP contribution in [0.15, 0.2) is 92.4 Å². The molecule has 5 heterocycles. The molecular weight excluding hydrogens is 1220 g/mol. The summed E-state index contributed by atoms with van der Waals surface area (Å²) in [6.45, 7) is 5.43. The van der Waals surface area contributed by atoms with Crippen LogP contribution in [0.2, 0.25) is 0 Å². The molecule has 6 N–H and O–H groups in total. The minimum Gasteiger partial charge on any atom is -0.869 e. The van der Waals surface area contributed by atoms with Gasteiger partial charge in [-0.1, -0.05) is 0 Å². The van der Waals surface area contributed by atoms with Gasteiger partial charge in [-0.25, -0.2) is 9.97 Å². The SMILES string of the molecule is CCOc1cc(-c2c3nc(c(-c4cc(OCC)c([O-])c(S(=O)(=O)O)c4)c4ccc([nH]4)c(-c4cc(OCC)c([O-])c(S(=O)(=O)O)c4)c4nc(c(-c5cc(OCC)c([O-])c(S(=O)(=O)O)c5)c5ccc2[nH]5)C=C4)C=C3)cc(S(=O)(=O)O)c1[O-].[Na+].[Na+].[Na+].[Na+]. The van der Waals surface area contributed by atoms with Crippen LogP contribution in [0, 0.1) is 0 Å². The van der Waals surface area contributed by atoms with Crippen LogP contribution >= 0.6 is 0 Å². The van der Waals surface area contributed by atoms with E-state index in [0.29, 0.717) is 0 Å². The number of hydrogen-bond acceptors (Lipinski definition) is 18. The van der Waals surface area contributed by atoms with Crippen molar-refractivity contribution in [3.05, 3.63) is 95.6 Å². The Morgan fingerprint density at radius 3 is 0.726 bits per heavy atom. The first kappa shape index (κ1) is 70.3. The zero-order chi connectivity index (χ0) is 58.0. The quantitative estimate of drug-likeness (QED) is 0.0388. The molecule has 0 atom stereocenters. The molecule has 9 rings (SSSR count). The van der Waals surface area contributed by atoms with Crippen LogP contribution in [-0.2, 0) is 40.5 Å². The third kappa shape index (κ3) is 14.1. The van der Waals surface area contributed by atoms with Crippen LogP contribution in [0.1, 0.15) is 50.5 Å². The summed E-state index contributed by atoms with van der Waals surface area (Å²) < 4.78 is 167. The minimum absolute atomic E-state index is 0. The van der Waals surface area contributed by atoms with E-state index in [1.807, 2.05) is 0 Å². The fraction of sp³-hybridized carbons (Fsp3) is 0.154. The minimum atomic E-state index is -5.28. The maximum atomic E-state index is 13.5. The zero-order valence-electron chi connectivity index (χ0n) is 45.9. The Morgan fingerprint density at radius 2 is 0.560 bits per heavy atom. The molecule has 8 bridgehead atoms. The molecular formula is C52H42N4Na4O20S4. The van der Waals surface area contributed by atoms with Crippen molar-refractivity contribution in [2.75, 3.05) is 26.4 Å². The van der Waals surface area contributed by atoms with Crippen molar-refractivity contribution in [2.24, 2.45) is 0 Å². The molecule has 0 saturated carbocycles. The smallest absolute Gasteiger partial charge is 0.869 e. The molecule has 0 unspecified atom stereocenters. The van der Waals surface area contributed by atoms with Gasteiger partial charge in [0.25, 0.3) is 40.5 Å². The van der Waals surface area contributed by atoms with Gasteiger partial charge in [0.1, 0.15) is 23.0 Å². The molecule has 3 aromatic heterocycles. The fourth-order valence-electron chi connectivity index (χ4n) is 9.12. The summed E-state index contributed by atoms with van der Waals surface area (Å²) >= 11 is 0. The van der Waals surface area contributed by atoms with Crippen molar-refractivity contribution < 1.29 is 209 Å². The maximum absolute atomic E-state index is 13.5. The second-order valence-electron chi connectivity index (χ2n) is 17.3. The first-order valence-electron chi connectivity index (χ1n) is 23.7. The standard InChI is InChI=1S/C52H46N4O20S4.4Na/c1-5-73-37-17-25(21-41(49(37)57)77(61,62)63)45-29-9-11-31(53-29)46(26-18-38(74-6-2)50(58)42(22-26)78(64,65)66)33-13-15-35(55-33)48(28-20-40(76-8-4)52(60)44(24-28)80(70,71)72)36-16-14-34(56-36)47(32-12-10-30(45)54-32)27-19-39(75-7-3)51(59)43(23-27)79(67,68)69;;;;/h9-24,53,56-60H,5-8H2,1-4H3,(H,61,62,63)(H,64,65,66)(H,67,68,69)(H,70,71,72);;;;/q;4*+1/p-4. The van der Waals surface area contributed by atoms with Gasteiger partial charge in [-0.15, -0.1) is 0 Å². The second-order valence-corrected chi connectivity index (χ2v) is 22.9. The summed E-state index contributed by atoms with van der Waals surface area (Å²) in [7, 11) is -21.1. The number of rotatable bonds is 16. The number of benzene rings is 4. The molecule has 24 nitrogen and oxygen atoms in total. The molecule has 0 amide bonds. The van der Waals surface area contributed by atoms with Gasteiger partial charge in [0.05, 0.1) is 68.8 Å². The zero-order valence-corrected chi connectivity index (χ0v) is 57.2. The van der Waals surface area contributed by atoms with Crippen LogP contribution in [-0.4, -0.2) is 98.2 Å². The average molecular weight is 1260 g/mol. The van der Waals surface area contributed by atoms with Crippen molar-refractivity contribution in [3.63, 3.8) is 0 Å². The van der Waals surface area contributed by atoms with E-state index in [2.05, 4.69) is 9.97 Å². The first-order valence-corrected chi connectivity index (χ1v) is 29.4. The molecule has 0 spiro atoms. The van der Waals surface area contributed by atoms with E-state index in [-0.39, 0.29) is 234 Å². The third-order valence-corrected chi connectivity index (χ3v) is 15.7. The van der Waals surface area contributed by atoms with Gasteiger partial charge in [-0.2, -0.15) is 33.7 Å². The predicted octanol–water partition coefficient (Wildman–Crippen LogP) is -5.78. The molecule has 7 aromatic rings. The number of nitrogens with zero attached hydrogens (tertiary/aromatic N) is 2. The van der Waals surface area contributed by atoms with Gasteiger partial charge in [0.15, 0.2) is 0 Å². The summed E-state index contributed by atoms with van der Waals surface area (Å²) in [6.07, 6.45) is 5.68. The molecule has 0 radical (unpaired) electrons. The molecule has 0 aliphatic carbocycles. The van der Waals surface area contributed by atoms with E-state index >= 15 is 0 Å². The largest absolute Gasteiger partial charge is 1.00 e. The van der Waals surface area contributed by atoms with Gasteiger partial charge in [0, 0.05) is 44.3 Å². The molecule has 84 heavy (non-hydrogen) atoms. The summed E-state index contributed by atoms with van der Waals surface area (Å²) in [5.41, 5.74) is -0.576. The van der Waals surface area contributed by atoms with Gasteiger partial charge >= 0.3 is 118 Å². The summed E-state index contributed by atoms with van der Waals surface area (Å²) in [4.78, 5) is 11.9. The van der Waals surface area contributed by atoms with E-state index in [1.54, 1.807) is 0 Å². The van der Waals surface area contributed by atoms with Gasteiger partial charge in [0.2, 0.25) is 0 Å². The van der Waals surface area contributed by atoms with E-state index in [1.165, 1.54) is 101 Å². The van der Waals surface area contributed by atoms with Crippen LogP contribution < -0.4 is 158 Å². The fourth-order valence-corrected chi connectivity index (χ4v) is 11.6. The van der Waals surface area contributed by atoms with Gasteiger partial charge in [-0.3, -0.25) is 18.2 Å². The van der Waals surface area contributed by atoms with Gasteiger partial charge in [-0.05, 0) is 170 Å². The number of aromatic nitrogens is 4. The Bertz CT molecular complexity index is 3940. The number of aromatic amines is 2. The van der Waals surface area contributed by atoms with Crippen LogP contribution in [0.25, 0.3) is 90.9 Å². The molecule has 2 aliphatic rings. The molecule has 0 saturated heterocycles. The molecule has 2 aliphatic heterocycles. The van der Waals surface area contributed by atoms with Crippen molar-refractivity contribution >= 4 is 86.8 Å². The summed E-state index contributed by atoms with van der Waals surface area (Å²) in [5.74, 6) is -6.88. The van der Waals surface area contributed by atoms with E-state index in [9.17, 15) is 72.3 Å². The Balaban J connectivity index is 0.00000323. The molecule has 4 aromatic carbocycles. The van der Waals surface area contributed by atoms with Crippen LogP contribution in [0.5, 0.6) is 46.0 Å². The second kappa shape index (κ2) is 27.3.